The van der Waals surface area contributed by atoms with Crippen molar-refractivity contribution < 1.29 is 0 Å². The van der Waals surface area contributed by atoms with Crippen LogP contribution in [0.15, 0.2) is 24.3 Å². The average molecular weight is 271 g/mol. The molecule has 0 aliphatic heterocycles. The van der Waals surface area contributed by atoms with Gasteiger partial charge in [0.05, 0.1) is 0 Å². The first-order valence-corrected chi connectivity index (χ1v) is 8.38. The van der Waals surface area contributed by atoms with Crippen LogP contribution in [0.1, 0.15) is 82.3 Å². The molecule has 0 atom stereocenters. The first-order valence-electron chi connectivity index (χ1n) is 8.38. The van der Waals surface area contributed by atoms with Crippen LogP contribution >= 0.6 is 0 Å². The van der Waals surface area contributed by atoms with Crippen LogP contribution in [0.5, 0.6) is 0 Å². The van der Waals surface area contributed by atoms with Crippen LogP contribution in [0.2, 0.25) is 0 Å². The van der Waals surface area contributed by atoms with Crippen LogP contribution in [-0.4, -0.2) is 0 Å². The molecule has 0 saturated heterocycles. The summed E-state index contributed by atoms with van der Waals surface area (Å²) in [6, 6.07) is 9.23. The Hall–Kier alpha value is -0.820. The second-order valence-electron chi connectivity index (χ2n) is 7.93. The summed E-state index contributed by atoms with van der Waals surface area (Å²) >= 11 is 0. The number of rotatable bonds is 2. The lowest BCUT2D eigenvalue weighted by Gasteiger charge is -2.35. The van der Waals surface area contributed by atoms with E-state index in [9.17, 15) is 0 Å². The second-order valence-corrected chi connectivity index (χ2v) is 7.93. The Morgan fingerprint density at radius 3 is 2.30 bits per heavy atom. The van der Waals surface area contributed by atoms with Crippen LogP contribution in [0.25, 0.3) is 0 Å². The van der Waals surface area contributed by atoms with Gasteiger partial charge in [-0.1, -0.05) is 51.0 Å². The third-order valence-corrected chi connectivity index (χ3v) is 5.77. The zero-order valence-corrected chi connectivity index (χ0v) is 13.1. The molecule has 1 nitrogen and oxygen atoms in total. The highest BCUT2D eigenvalue weighted by atomic mass is 14.8. The largest absolute Gasteiger partial charge is 0.321 e. The van der Waals surface area contributed by atoms with Gasteiger partial charge in [0.15, 0.2) is 0 Å². The van der Waals surface area contributed by atoms with E-state index in [1.54, 1.807) is 0 Å². The van der Waals surface area contributed by atoms with Gasteiger partial charge >= 0.3 is 0 Å². The fraction of sp³-hybridized carbons (Fsp3) is 0.684. The van der Waals surface area contributed by atoms with Crippen molar-refractivity contribution in [1.29, 1.82) is 0 Å². The third-order valence-electron chi connectivity index (χ3n) is 5.77. The lowest BCUT2D eigenvalue weighted by molar-refractivity contribution is 0.224. The minimum atomic E-state index is -0.0378. The Morgan fingerprint density at radius 2 is 1.65 bits per heavy atom. The second kappa shape index (κ2) is 5.18. The average Bonchev–Trinajstić information content (AvgIpc) is 2.87. The SMILES string of the molecule is CC1(C)CCC(c2cccc(C3(N)CCCC3)c2)CC1. The van der Waals surface area contributed by atoms with Crippen molar-refractivity contribution in [3.05, 3.63) is 35.4 Å². The molecule has 1 heteroatoms. The van der Waals surface area contributed by atoms with E-state index in [2.05, 4.69) is 38.1 Å². The van der Waals surface area contributed by atoms with E-state index < -0.39 is 0 Å². The molecule has 0 bridgehead atoms. The van der Waals surface area contributed by atoms with Crippen LogP contribution in [0.3, 0.4) is 0 Å². The Kier molecular flexibility index (Phi) is 3.66. The Bertz CT molecular complexity index is 458. The van der Waals surface area contributed by atoms with E-state index in [1.165, 1.54) is 49.7 Å². The molecule has 20 heavy (non-hydrogen) atoms. The molecule has 0 spiro atoms. The van der Waals surface area contributed by atoms with E-state index in [1.807, 2.05) is 0 Å². The molecule has 2 N–H and O–H groups in total. The molecular formula is C19H29N. The molecule has 2 aliphatic carbocycles. The van der Waals surface area contributed by atoms with Crippen molar-refractivity contribution in [3.8, 4) is 0 Å². The summed E-state index contributed by atoms with van der Waals surface area (Å²) in [5, 5.41) is 0. The fourth-order valence-electron chi connectivity index (χ4n) is 4.13. The van der Waals surface area contributed by atoms with Crippen molar-refractivity contribution in [2.45, 2.75) is 76.7 Å². The van der Waals surface area contributed by atoms with E-state index in [4.69, 9.17) is 5.73 Å². The summed E-state index contributed by atoms with van der Waals surface area (Å²) < 4.78 is 0. The van der Waals surface area contributed by atoms with Gasteiger partial charge in [-0.25, -0.2) is 0 Å². The van der Waals surface area contributed by atoms with Crippen molar-refractivity contribution >= 4 is 0 Å². The molecule has 0 unspecified atom stereocenters. The molecule has 0 radical (unpaired) electrons. The molecule has 1 aromatic rings. The molecule has 0 heterocycles. The van der Waals surface area contributed by atoms with Crippen LogP contribution in [0, 0.1) is 5.41 Å². The topological polar surface area (TPSA) is 26.0 Å². The predicted octanol–water partition coefficient (Wildman–Crippen LogP) is 5.10. The van der Waals surface area contributed by atoms with Crippen LogP contribution < -0.4 is 5.73 Å². The van der Waals surface area contributed by atoms with Crippen molar-refractivity contribution in [1.82, 2.24) is 0 Å². The summed E-state index contributed by atoms with van der Waals surface area (Å²) in [6.45, 7) is 4.82. The molecule has 3 rings (SSSR count). The van der Waals surface area contributed by atoms with E-state index in [0.717, 1.165) is 18.8 Å². The van der Waals surface area contributed by atoms with E-state index >= 15 is 0 Å². The summed E-state index contributed by atoms with van der Waals surface area (Å²) in [5.41, 5.74) is 10.1. The first-order chi connectivity index (χ1) is 9.49. The maximum atomic E-state index is 6.62. The van der Waals surface area contributed by atoms with Gasteiger partial charge in [0.2, 0.25) is 0 Å². The number of hydrogen-bond donors (Lipinski definition) is 1. The molecule has 110 valence electrons. The van der Waals surface area contributed by atoms with E-state index in [-0.39, 0.29) is 5.54 Å². The standard InChI is InChI=1S/C19H29N/c1-18(2)12-8-15(9-13-18)16-6-5-7-17(14-16)19(20)10-3-4-11-19/h5-7,14-15H,3-4,8-13,20H2,1-2H3. The summed E-state index contributed by atoms with van der Waals surface area (Å²) in [5.74, 6) is 0.757. The number of hydrogen-bond acceptors (Lipinski definition) is 1. The highest BCUT2D eigenvalue weighted by Gasteiger charge is 2.32. The minimum absolute atomic E-state index is 0.0378. The molecule has 0 amide bonds. The van der Waals surface area contributed by atoms with E-state index in [0.29, 0.717) is 5.41 Å². The Balaban J connectivity index is 1.78. The van der Waals surface area contributed by atoms with Gasteiger partial charge in [0.25, 0.3) is 0 Å². The molecule has 2 aliphatic rings. The normalized spacial score (nSPS) is 25.8. The van der Waals surface area contributed by atoms with Gasteiger partial charge in [-0.3, -0.25) is 0 Å². The molecule has 2 fully saturated rings. The number of nitrogens with two attached hydrogens (primary N) is 1. The predicted molar refractivity (Wildman–Crippen MR) is 85.8 cm³/mol. The highest BCUT2D eigenvalue weighted by Crippen LogP contribution is 2.43. The van der Waals surface area contributed by atoms with Crippen molar-refractivity contribution in [2.75, 3.05) is 0 Å². The summed E-state index contributed by atoms with van der Waals surface area (Å²) in [6.07, 6.45) is 10.3. The molecule has 0 aromatic heterocycles. The zero-order valence-electron chi connectivity index (χ0n) is 13.1. The van der Waals surface area contributed by atoms with Gasteiger partial charge in [-0.05, 0) is 61.0 Å². The molecular weight excluding hydrogens is 242 g/mol. The van der Waals surface area contributed by atoms with Gasteiger partial charge in [0.1, 0.15) is 0 Å². The zero-order chi connectivity index (χ0) is 14.2. The maximum absolute atomic E-state index is 6.62. The summed E-state index contributed by atoms with van der Waals surface area (Å²) in [7, 11) is 0. The molecule has 1 aromatic carbocycles. The smallest absolute Gasteiger partial charge is 0.0409 e. The van der Waals surface area contributed by atoms with Crippen LogP contribution in [-0.2, 0) is 5.54 Å². The lowest BCUT2D eigenvalue weighted by Crippen LogP contribution is -2.33. The third kappa shape index (κ3) is 2.79. The van der Waals surface area contributed by atoms with Gasteiger partial charge in [0, 0.05) is 5.54 Å². The Morgan fingerprint density at radius 1 is 1.00 bits per heavy atom. The van der Waals surface area contributed by atoms with Crippen LogP contribution in [0.4, 0.5) is 0 Å². The first kappa shape index (κ1) is 14.1. The monoisotopic (exact) mass is 271 g/mol. The Labute approximate surface area is 124 Å². The van der Waals surface area contributed by atoms with Gasteiger partial charge in [-0.2, -0.15) is 0 Å². The number of benzene rings is 1. The molecule has 2 saturated carbocycles. The van der Waals surface area contributed by atoms with Gasteiger partial charge in [-0.15, -0.1) is 0 Å². The lowest BCUT2D eigenvalue weighted by atomic mass is 9.71. The highest BCUT2D eigenvalue weighted by molar-refractivity contribution is 5.32. The van der Waals surface area contributed by atoms with Crippen molar-refractivity contribution in [3.63, 3.8) is 0 Å². The minimum Gasteiger partial charge on any atom is -0.321 e. The summed E-state index contributed by atoms with van der Waals surface area (Å²) in [4.78, 5) is 0. The quantitative estimate of drug-likeness (QED) is 0.795. The maximum Gasteiger partial charge on any atom is 0.0409 e. The fourth-order valence-corrected chi connectivity index (χ4v) is 4.13. The van der Waals surface area contributed by atoms with Crippen molar-refractivity contribution in [2.24, 2.45) is 11.1 Å². The van der Waals surface area contributed by atoms with Gasteiger partial charge < -0.3 is 5.73 Å².